The zero-order chi connectivity index (χ0) is 13.6. The molecule has 2 aromatic carbocycles. The molecule has 0 aliphatic carbocycles. The van der Waals surface area contributed by atoms with Gasteiger partial charge in [-0.15, -0.1) is 12.6 Å². The van der Waals surface area contributed by atoms with Crippen LogP contribution in [0, 0.1) is 0 Å². The molecule has 0 unspecified atom stereocenters. The Kier molecular flexibility index (Phi) is 2.86. The Labute approximate surface area is 116 Å². The molecular formula is C16H14O2S. The summed E-state index contributed by atoms with van der Waals surface area (Å²) >= 11 is 4.47. The highest BCUT2D eigenvalue weighted by Crippen LogP contribution is 2.30. The van der Waals surface area contributed by atoms with E-state index in [0.29, 0.717) is 21.9 Å². The Morgan fingerprint density at radius 2 is 1.79 bits per heavy atom. The summed E-state index contributed by atoms with van der Waals surface area (Å²) in [5, 5.41) is 1.28. The second-order valence-corrected chi connectivity index (χ2v) is 5.44. The van der Waals surface area contributed by atoms with Crippen molar-refractivity contribution in [3.8, 4) is 0 Å². The number of hydrogen-bond acceptors (Lipinski definition) is 3. The first-order valence-electron chi connectivity index (χ1n) is 6.27. The van der Waals surface area contributed by atoms with Crippen LogP contribution in [0.4, 0.5) is 0 Å². The van der Waals surface area contributed by atoms with E-state index in [1.165, 1.54) is 0 Å². The second kappa shape index (κ2) is 4.42. The molecule has 3 aromatic rings. The lowest BCUT2D eigenvalue weighted by molar-refractivity contribution is 0.658. The quantitative estimate of drug-likeness (QED) is 0.526. The van der Waals surface area contributed by atoms with Crippen molar-refractivity contribution in [2.75, 3.05) is 0 Å². The number of thiol groups is 1. The standard InChI is InChI=1S/C16H14O2S/c1-9(2)14-13(19)8-7-12-15(14)16(17)10-5-3-4-6-11(10)18-12/h3-9,19H,1-2H3. The molecule has 0 aliphatic rings. The normalized spacial score (nSPS) is 11.6. The molecule has 3 heteroatoms. The van der Waals surface area contributed by atoms with E-state index >= 15 is 0 Å². The van der Waals surface area contributed by atoms with Gasteiger partial charge in [-0.3, -0.25) is 4.79 Å². The van der Waals surface area contributed by atoms with E-state index in [0.717, 1.165) is 10.5 Å². The summed E-state index contributed by atoms with van der Waals surface area (Å²) in [4.78, 5) is 13.5. The molecule has 0 atom stereocenters. The van der Waals surface area contributed by atoms with Crippen molar-refractivity contribution in [3.05, 3.63) is 52.2 Å². The van der Waals surface area contributed by atoms with Gasteiger partial charge in [0.05, 0.1) is 10.8 Å². The van der Waals surface area contributed by atoms with Crippen LogP contribution in [0.5, 0.6) is 0 Å². The first-order chi connectivity index (χ1) is 9.09. The average molecular weight is 270 g/mol. The van der Waals surface area contributed by atoms with E-state index in [-0.39, 0.29) is 11.3 Å². The third kappa shape index (κ3) is 1.85. The van der Waals surface area contributed by atoms with Crippen molar-refractivity contribution in [1.82, 2.24) is 0 Å². The third-order valence-corrected chi connectivity index (χ3v) is 3.73. The van der Waals surface area contributed by atoms with Gasteiger partial charge >= 0.3 is 0 Å². The molecule has 0 bridgehead atoms. The summed E-state index contributed by atoms with van der Waals surface area (Å²) < 4.78 is 5.84. The molecule has 0 amide bonds. The Bertz CT molecular complexity index is 831. The van der Waals surface area contributed by atoms with Crippen LogP contribution < -0.4 is 5.43 Å². The minimum Gasteiger partial charge on any atom is -0.456 e. The van der Waals surface area contributed by atoms with Crippen LogP contribution in [0.1, 0.15) is 25.3 Å². The lowest BCUT2D eigenvalue weighted by Gasteiger charge is -2.12. The summed E-state index contributed by atoms with van der Waals surface area (Å²) in [6.07, 6.45) is 0. The molecule has 3 rings (SSSR count). The van der Waals surface area contributed by atoms with Gasteiger partial charge < -0.3 is 4.42 Å². The van der Waals surface area contributed by atoms with Gasteiger partial charge in [-0.25, -0.2) is 0 Å². The van der Waals surface area contributed by atoms with Gasteiger partial charge in [-0.05, 0) is 35.7 Å². The van der Waals surface area contributed by atoms with Crippen LogP contribution in [-0.2, 0) is 0 Å². The molecular weight excluding hydrogens is 256 g/mol. The van der Waals surface area contributed by atoms with Crippen LogP contribution in [-0.4, -0.2) is 0 Å². The van der Waals surface area contributed by atoms with Crippen molar-refractivity contribution < 1.29 is 4.42 Å². The van der Waals surface area contributed by atoms with E-state index in [9.17, 15) is 4.79 Å². The maximum absolute atomic E-state index is 12.7. The molecule has 19 heavy (non-hydrogen) atoms. The van der Waals surface area contributed by atoms with Crippen LogP contribution in [0.25, 0.3) is 21.9 Å². The number of benzene rings is 2. The molecule has 0 N–H and O–H groups in total. The minimum atomic E-state index is 0.0245. The second-order valence-electron chi connectivity index (χ2n) is 4.95. The van der Waals surface area contributed by atoms with Crippen LogP contribution >= 0.6 is 12.6 Å². The predicted octanol–water partition coefficient (Wildman–Crippen LogP) is 4.36. The Morgan fingerprint density at radius 1 is 1.05 bits per heavy atom. The summed E-state index contributed by atoms with van der Waals surface area (Å²) in [5.41, 5.74) is 2.24. The highest BCUT2D eigenvalue weighted by atomic mass is 32.1. The molecule has 2 nitrogen and oxygen atoms in total. The first kappa shape index (κ1) is 12.3. The molecule has 0 aliphatic heterocycles. The van der Waals surface area contributed by atoms with E-state index in [4.69, 9.17) is 4.42 Å². The molecule has 0 saturated heterocycles. The smallest absolute Gasteiger partial charge is 0.200 e. The Morgan fingerprint density at radius 3 is 2.53 bits per heavy atom. The number of rotatable bonds is 1. The van der Waals surface area contributed by atoms with Gasteiger partial charge in [-0.1, -0.05) is 26.0 Å². The summed E-state index contributed by atoms with van der Waals surface area (Å²) in [5.74, 6) is 0.222. The maximum Gasteiger partial charge on any atom is 0.200 e. The predicted molar refractivity (Wildman–Crippen MR) is 81.3 cm³/mol. The summed E-state index contributed by atoms with van der Waals surface area (Å²) in [7, 11) is 0. The number of hydrogen-bond donors (Lipinski definition) is 1. The highest BCUT2D eigenvalue weighted by Gasteiger charge is 2.15. The highest BCUT2D eigenvalue weighted by molar-refractivity contribution is 7.80. The first-order valence-corrected chi connectivity index (χ1v) is 6.71. The maximum atomic E-state index is 12.7. The molecule has 0 spiro atoms. The van der Waals surface area contributed by atoms with Gasteiger partial charge in [0.25, 0.3) is 0 Å². The molecule has 96 valence electrons. The molecule has 1 aromatic heterocycles. The third-order valence-electron chi connectivity index (χ3n) is 3.34. The zero-order valence-corrected chi connectivity index (χ0v) is 11.7. The van der Waals surface area contributed by atoms with E-state index in [2.05, 4.69) is 26.5 Å². The van der Waals surface area contributed by atoms with Crippen LogP contribution in [0.3, 0.4) is 0 Å². The molecule has 0 saturated carbocycles. The Balaban J connectivity index is 2.60. The van der Waals surface area contributed by atoms with Crippen molar-refractivity contribution in [2.45, 2.75) is 24.7 Å². The zero-order valence-electron chi connectivity index (χ0n) is 10.8. The monoisotopic (exact) mass is 270 g/mol. The fraction of sp³-hybridized carbons (Fsp3) is 0.188. The summed E-state index contributed by atoms with van der Waals surface area (Å²) in [6, 6.07) is 11.0. The van der Waals surface area contributed by atoms with Gasteiger partial charge in [-0.2, -0.15) is 0 Å². The average Bonchev–Trinajstić information content (AvgIpc) is 2.39. The van der Waals surface area contributed by atoms with E-state index in [1.807, 2.05) is 30.3 Å². The number of para-hydroxylation sites is 1. The fourth-order valence-electron chi connectivity index (χ4n) is 2.49. The summed E-state index contributed by atoms with van der Waals surface area (Å²) in [6.45, 7) is 4.12. The fourth-order valence-corrected chi connectivity index (χ4v) is 2.93. The Hall–Kier alpha value is -1.74. The van der Waals surface area contributed by atoms with Gasteiger partial charge in [0, 0.05) is 4.90 Å². The lowest BCUT2D eigenvalue weighted by Crippen LogP contribution is -2.06. The largest absolute Gasteiger partial charge is 0.456 e. The number of fused-ring (bicyclic) bond motifs is 2. The van der Waals surface area contributed by atoms with Crippen molar-refractivity contribution in [2.24, 2.45) is 0 Å². The molecule has 0 fully saturated rings. The van der Waals surface area contributed by atoms with Crippen LogP contribution in [0.15, 0.2) is 50.5 Å². The molecule has 0 radical (unpaired) electrons. The van der Waals surface area contributed by atoms with E-state index in [1.54, 1.807) is 6.07 Å². The van der Waals surface area contributed by atoms with Crippen molar-refractivity contribution in [1.29, 1.82) is 0 Å². The minimum absolute atomic E-state index is 0.0245. The van der Waals surface area contributed by atoms with Gasteiger partial charge in [0.15, 0.2) is 0 Å². The molecule has 1 heterocycles. The van der Waals surface area contributed by atoms with Gasteiger partial charge in [0.1, 0.15) is 11.2 Å². The topological polar surface area (TPSA) is 30.2 Å². The van der Waals surface area contributed by atoms with Crippen molar-refractivity contribution >= 4 is 34.6 Å². The van der Waals surface area contributed by atoms with Crippen LogP contribution in [0.2, 0.25) is 0 Å². The van der Waals surface area contributed by atoms with Crippen molar-refractivity contribution in [3.63, 3.8) is 0 Å². The lowest BCUT2D eigenvalue weighted by atomic mass is 9.97. The van der Waals surface area contributed by atoms with Gasteiger partial charge in [0.2, 0.25) is 5.43 Å². The SMILES string of the molecule is CC(C)c1c(S)ccc2oc3ccccc3c(=O)c12. The van der Waals surface area contributed by atoms with E-state index < -0.39 is 0 Å².